The van der Waals surface area contributed by atoms with E-state index >= 15 is 0 Å². The molecule has 1 aromatic heterocycles. The number of hydrogen-bond donors (Lipinski definition) is 5. The number of carbonyl (C=O) groups excluding carboxylic acids is 1. The molecule has 0 radical (unpaired) electrons. The minimum atomic E-state index is -2.62. The molecule has 12 nitrogen and oxygen atoms in total. The number of ether oxygens (including phenoxy) is 2. The van der Waals surface area contributed by atoms with Crippen molar-refractivity contribution >= 4 is 62.6 Å². The first-order valence-electron chi connectivity index (χ1n) is 13.0. The third-order valence-electron chi connectivity index (χ3n) is 6.28. The summed E-state index contributed by atoms with van der Waals surface area (Å²) < 4.78 is 48.7. The fourth-order valence-corrected chi connectivity index (χ4v) is 4.80. The second-order valence-corrected chi connectivity index (χ2v) is 10.1. The van der Waals surface area contributed by atoms with Gasteiger partial charge < -0.3 is 30.5 Å². The van der Waals surface area contributed by atoms with E-state index in [2.05, 4.69) is 25.9 Å². The van der Waals surface area contributed by atoms with Crippen molar-refractivity contribution in [3.8, 4) is 17.2 Å². The summed E-state index contributed by atoms with van der Waals surface area (Å²) in [5.41, 5.74) is 2.40. The summed E-state index contributed by atoms with van der Waals surface area (Å²) in [6.45, 7) is -0.210. The number of para-hydroxylation sites is 2. The highest BCUT2D eigenvalue weighted by Gasteiger charge is 2.24. The van der Waals surface area contributed by atoms with Gasteiger partial charge in [0.05, 0.1) is 37.5 Å². The van der Waals surface area contributed by atoms with Crippen molar-refractivity contribution in [2.45, 2.75) is 0 Å². The quantitative estimate of drug-likeness (QED) is 0.0937. The van der Waals surface area contributed by atoms with Gasteiger partial charge in [0.15, 0.2) is 23.2 Å². The number of benzene rings is 4. The maximum Gasteiger partial charge on any atom is 0.268 e. The van der Waals surface area contributed by atoms with Gasteiger partial charge in [-0.3, -0.25) is 9.35 Å². The number of aromatic nitrogens is 2. The number of carbonyl (C=O) groups is 1. The number of nitrogens with zero attached hydrogens (tertiary/aromatic N) is 3. The van der Waals surface area contributed by atoms with Crippen molar-refractivity contribution in [2.24, 2.45) is 0 Å². The molecule has 44 heavy (non-hydrogen) atoms. The Morgan fingerprint density at radius 2 is 1.59 bits per heavy atom. The normalized spacial score (nSPS) is 11.5. The lowest BCUT2D eigenvalue weighted by Crippen LogP contribution is -2.23. The first-order valence-corrected chi connectivity index (χ1v) is 14.1. The first-order chi connectivity index (χ1) is 21.2. The monoisotopic (exact) mass is 618 g/mol. The lowest BCUT2D eigenvalue weighted by Gasteiger charge is -2.23. The van der Waals surface area contributed by atoms with Crippen LogP contribution in [0.1, 0.15) is 0 Å². The summed E-state index contributed by atoms with van der Waals surface area (Å²) in [7, 11) is 3.04. The summed E-state index contributed by atoms with van der Waals surface area (Å²) in [4.78, 5) is 22.0. The Labute approximate surface area is 253 Å². The van der Waals surface area contributed by atoms with E-state index in [0.29, 0.717) is 39.6 Å². The number of hydrogen-bond acceptors (Lipinski definition) is 9. The van der Waals surface area contributed by atoms with Crippen molar-refractivity contribution in [2.75, 3.05) is 41.0 Å². The molecule has 0 aliphatic heterocycles. The number of nitrogens with one attached hydrogen (secondary N) is 3. The van der Waals surface area contributed by atoms with Crippen LogP contribution in [-0.4, -0.2) is 50.5 Å². The van der Waals surface area contributed by atoms with Gasteiger partial charge in [-0.2, -0.15) is 0 Å². The molecule has 1 atom stereocenters. The molecule has 0 aliphatic rings. The van der Waals surface area contributed by atoms with Crippen molar-refractivity contribution in [1.29, 1.82) is 0 Å². The summed E-state index contributed by atoms with van der Waals surface area (Å²) in [5, 5.41) is 18.0. The molecule has 14 heteroatoms. The zero-order valence-electron chi connectivity index (χ0n) is 23.4. The van der Waals surface area contributed by atoms with Crippen LogP contribution in [0.2, 0.25) is 0 Å². The van der Waals surface area contributed by atoms with Crippen molar-refractivity contribution in [1.82, 2.24) is 9.97 Å². The molecule has 0 spiro atoms. The number of anilines is 6. The Hall–Kier alpha value is -5.47. The van der Waals surface area contributed by atoms with E-state index in [0.717, 1.165) is 10.4 Å². The van der Waals surface area contributed by atoms with Gasteiger partial charge in [0, 0.05) is 41.3 Å². The minimum absolute atomic E-state index is 0.0332. The van der Waals surface area contributed by atoms with Crippen LogP contribution in [0.3, 0.4) is 0 Å². The van der Waals surface area contributed by atoms with E-state index in [1.54, 1.807) is 60.7 Å². The fourth-order valence-electron chi connectivity index (χ4n) is 4.23. The molecule has 1 heterocycles. The summed E-state index contributed by atoms with van der Waals surface area (Å²) >= 11 is -2.62. The highest BCUT2D eigenvalue weighted by Crippen LogP contribution is 2.36. The lowest BCUT2D eigenvalue weighted by atomic mass is 10.2. The standard InChI is InChI=1S/C30H27FN6O6S/c1-42-22-13-20(14-23(16-22)43-2)34-29-30(36-26-9-4-3-8-25(26)35-29)37(44(40)41)21-7-5-6-19(12-21)33-28(39)17-32-18-10-11-27(38)24(31)15-18/h3-16,32,38H,17H2,1-2H3,(H,33,39)(H,34,35)(H,40,41). The Balaban J connectivity index is 1.46. The Kier molecular flexibility index (Phi) is 9.02. The zero-order chi connectivity index (χ0) is 31.2. The number of rotatable bonds is 11. The molecule has 0 bridgehead atoms. The fraction of sp³-hybridized carbons (Fsp3) is 0.100. The van der Waals surface area contributed by atoms with Crippen LogP contribution < -0.4 is 29.7 Å². The van der Waals surface area contributed by atoms with Crippen molar-refractivity contribution < 1.29 is 32.5 Å². The van der Waals surface area contributed by atoms with E-state index in [-0.39, 0.29) is 23.9 Å². The molecule has 1 amide bonds. The topological polar surface area (TPSA) is 158 Å². The van der Waals surface area contributed by atoms with Gasteiger partial charge in [0.25, 0.3) is 11.3 Å². The van der Waals surface area contributed by atoms with Gasteiger partial charge in [0.2, 0.25) is 5.91 Å². The highest BCUT2D eigenvalue weighted by atomic mass is 32.2. The second kappa shape index (κ2) is 13.2. The van der Waals surface area contributed by atoms with Crippen molar-refractivity contribution in [3.63, 3.8) is 0 Å². The van der Waals surface area contributed by atoms with Crippen LogP contribution in [0.4, 0.5) is 38.8 Å². The second-order valence-electron chi connectivity index (χ2n) is 9.25. The maximum atomic E-state index is 13.6. The van der Waals surface area contributed by atoms with E-state index in [1.807, 2.05) is 0 Å². The molecule has 5 N–H and O–H groups in total. The van der Waals surface area contributed by atoms with Crippen LogP contribution in [0.15, 0.2) is 84.9 Å². The molecule has 226 valence electrons. The number of phenols is 1. The van der Waals surface area contributed by atoms with Crippen LogP contribution in [0.5, 0.6) is 17.2 Å². The molecule has 0 fully saturated rings. The van der Waals surface area contributed by atoms with Crippen LogP contribution in [0, 0.1) is 5.82 Å². The molecule has 0 aliphatic carbocycles. The third-order valence-corrected chi connectivity index (χ3v) is 6.98. The van der Waals surface area contributed by atoms with Gasteiger partial charge in [-0.15, -0.1) is 0 Å². The molecule has 4 aromatic carbocycles. The molecule has 1 unspecified atom stereocenters. The number of aromatic hydroxyl groups is 1. The third kappa shape index (κ3) is 6.94. The van der Waals surface area contributed by atoms with Gasteiger partial charge in [-0.1, -0.05) is 18.2 Å². The first kappa shape index (κ1) is 30.0. The lowest BCUT2D eigenvalue weighted by molar-refractivity contribution is -0.114. The van der Waals surface area contributed by atoms with E-state index < -0.39 is 28.7 Å². The number of methoxy groups -OCH3 is 2. The maximum absolute atomic E-state index is 13.6. The van der Waals surface area contributed by atoms with E-state index in [1.165, 1.54) is 32.4 Å². The van der Waals surface area contributed by atoms with Gasteiger partial charge in [-0.25, -0.2) is 22.9 Å². The SMILES string of the molecule is COc1cc(Nc2nc3ccccc3nc2N(c2cccc(NC(=O)CNc3ccc(O)c(F)c3)c2)S(=O)O)cc(OC)c1. The largest absolute Gasteiger partial charge is 0.505 e. The molecule has 5 aromatic rings. The van der Waals surface area contributed by atoms with Crippen LogP contribution in [-0.2, 0) is 16.1 Å². The number of phenolic OH excluding ortho intramolecular Hbond substituents is 1. The van der Waals surface area contributed by atoms with Gasteiger partial charge >= 0.3 is 0 Å². The number of amides is 1. The molecular weight excluding hydrogens is 591 g/mol. The van der Waals surface area contributed by atoms with E-state index in [9.17, 15) is 23.1 Å². The van der Waals surface area contributed by atoms with Crippen molar-refractivity contribution in [3.05, 3.63) is 90.7 Å². The van der Waals surface area contributed by atoms with Gasteiger partial charge in [0.1, 0.15) is 11.5 Å². The van der Waals surface area contributed by atoms with Crippen LogP contribution >= 0.6 is 0 Å². The summed E-state index contributed by atoms with van der Waals surface area (Å²) in [5.74, 6) is -0.563. The predicted octanol–water partition coefficient (Wildman–Crippen LogP) is 5.56. The van der Waals surface area contributed by atoms with Crippen LogP contribution in [0.25, 0.3) is 11.0 Å². The number of fused-ring (bicyclic) bond motifs is 1. The Bertz CT molecular complexity index is 1840. The predicted molar refractivity (Wildman–Crippen MR) is 167 cm³/mol. The summed E-state index contributed by atoms with van der Waals surface area (Å²) in [6.07, 6.45) is 0. The molecule has 0 saturated heterocycles. The average molecular weight is 619 g/mol. The zero-order valence-corrected chi connectivity index (χ0v) is 24.3. The molecular formula is C30H27FN6O6S. The minimum Gasteiger partial charge on any atom is -0.505 e. The highest BCUT2D eigenvalue weighted by molar-refractivity contribution is 7.81. The smallest absolute Gasteiger partial charge is 0.268 e. The Morgan fingerprint density at radius 3 is 2.25 bits per heavy atom. The molecule has 5 rings (SSSR count). The van der Waals surface area contributed by atoms with Gasteiger partial charge in [-0.05, 0) is 42.5 Å². The van der Waals surface area contributed by atoms with E-state index in [4.69, 9.17) is 9.47 Å². The molecule has 0 saturated carbocycles. The Morgan fingerprint density at radius 1 is 0.886 bits per heavy atom. The average Bonchev–Trinajstić information content (AvgIpc) is 3.01. The number of halogens is 1. The summed E-state index contributed by atoms with van der Waals surface area (Å²) in [6, 6.07) is 22.1.